The van der Waals surface area contributed by atoms with Gasteiger partial charge in [0.25, 0.3) is 5.91 Å². The van der Waals surface area contributed by atoms with Crippen LogP contribution in [0.1, 0.15) is 64.6 Å². The quantitative estimate of drug-likeness (QED) is 0.229. The Morgan fingerprint density at radius 3 is 2.66 bits per heavy atom. The van der Waals surface area contributed by atoms with Crippen molar-refractivity contribution >= 4 is 17.4 Å². The summed E-state index contributed by atoms with van der Waals surface area (Å²) in [5.74, 6) is 1.66. The SMILES string of the molecule is CNC(=O)c1cc(-c2c(C)nn3c(NCc4cccc(-c5nccn5C)c4)cc(C(C)(C)O)nc23)cc(C2CCOC2)c1C. The number of nitrogens with zero attached hydrogens (tertiary/aromatic N) is 5. The number of fused-ring (bicyclic) bond motifs is 1. The third-order valence-electron chi connectivity index (χ3n) is 8.45. The maximum atomic E-state index is 13.0. The normalized spacial score (nSPS) is 15.2. The number of carbonyl (C=O) groups excluding carboxylic acids is 1. The van der Waals surface area contributed by atoms with Gasteiger partial charge in [0, 0.05) is 68.3 Å². The van der Waals surface area contributed by atoms with Crippen molar-refractivity contribution in [3.05, 3.63) is 88.5 Å². The highest BCUT2D eigenvalue weighted by atomic mass is 16.5. The van der Waals surface area contributed by atoms with Crippen LogP contribution in [0.3, 0.4) is 0 Å². The Kier molecular flexibility index (Phi) is 7.73. The molecule has 0 radical (unpaired) electrons. The van der Waals surface area contributed by atoms with Crippen LogP contribution < -0.4 is 10.6 Å². The van der Waals surface area contributed by atoms with E-state index in [1.807, 2.05) is 55.9 Å². The topological polar surface area (TPSA) is 119 Å². The molecule has 10 heteroatoms. The Bertz CT molecular complexity index is 1860. The molecule has 6 rings (SSSR count). The molecule has 10 nitrogen and oxygen atoms in total. The summed E-state index contributed by atoms with van der Waals surface area (Å²) >= 11 is 0. The lowest BCUT2D eigenvalue weighted by molar-refractivity contribution is 0.0740. The smallest absolute Gasteiger partial charge is 0.251 e. The summed E-state index contributed by atoms with van der Waals surface area (Å²) in [4.78, 5) is 22.4. The summed E-state index contributed by atoms with van der Waals surface area (Å²) in [5, 5.41) is 22.3. The first kappa shape index (κ1) is 29.5. The zero-order valence-electron chi connectivity index (χ0n) is 26.1. The van der Waals surface area contributed by atoms with Crippen molar-refractivity contribution < 1.29 is 14.6 Å². The first-order valence-corrected chi connectivity index (χ1v) is 14.9. The minimum atomic E-state index is -1.20. The highest BCUT2D eigenvalue weighted by Gasteiger charge is 2.27. The molecule has 1 aliphatic rings. The van der Waals surface area contributed by atoms with E-state index < -0.39 is 5.60 Å². The second-order valence-electron chi connectivity index (χ2n) is 12.1. The Morgan fingerprint density at radius 2 is 1.98 bits per heavy atom. The number of nitrogens with one attached hydrogen (secondary N) is 2. The number of imidazole rings is 1. The number of carbonyl (C=O) groups is 1. The summed E-state index contributed by atoms with van der Waals surface area (Å²) < 4.78 is 9.50. The lowest BCUT2D eigenvalue weighted by Gasteiger charge is -2.20. The number of amides is 1. The van der Waals surface area contributed by atoms with Crippen molar-refractivity contribution in [3.8, 4) is 22.5 Å². The molecule has 44 heavy (non-hydrogen) atoms. The molecule has 4 heterocycles. The molecule has 1 saturated heterocycles. The highest BCUT2D eigenvalue weighted by molar-refractivity contribution is 5.98. The van der Waals surface area contributed by atoms with E-state index in [9.17, 15) is 9.90 Å². The van der Waals surface area contributed by atoms with E-state index in [0.717, 1.165) is 51.3 Å². The standard InChI is InChI=1S/C34H39N7O3/c1-20-26(24-10-13-44-19-24)15-25(16-27(20)33(42)35-5)30-21(2)39-41-29(17-28(34(3,4)43)38-32(30)41)37-18-22-8-7-9-23(14-22)31-36-11-12-40(31)6/h7-9,11-12,14-17,24,37,43H,10,13,18-19H2,1-6H3,(H,35,42). The summed E-state index contributed by atoms with van der Waals surface area (Å²) in [6.07, 6.45) is 4.63. The molecule has 0 aliphatic carbocycles. The van der Waals surface area contributed by atoms with Gasteiger partial charge in [0.2, 0.25) is 0 Å². The van der Waals surface area contributed by atoms with Gasteiger partial charge in [0.05, 0.1) is 18.0 Å². The highest BCUT2D eigenvalue weighted by Crippen LogP contribution is 2.37. The Morgan fingerprint density at radius 1 is 1.16 bits per heavy atom. The van der Waals surface area contributed by atoms with Gasteiger partial charge in [0.1, 0.15) is 17.2 Å². The Hall–Kier alpha value is -4.54. The number of aryl methyl sites for hydroxylation is 2. The molecule has 2 aromatic carbocycles. The number of anilines is 1. The van der Waals surface area contributed by atoms with Crippen LogP contribution in [-0.2, 0) is 23.9 Å². The Labute approximate surface area is 257 Å². The third kappa shape index (κ3) is 5.46. The Balaban J connectivity index is 1.46. The molecule has 1 fully saturated rings. The van der Waals surface area contributed by atoms with Gasteiger partial charge < -0.3 is 25.0 Å². The molecule has 1 unspecified atom stereocenters. The van der Waals surface area contributed by atoms with Gasteiger partial charge in [-0.2, -0.15) is 9.61 Å². The monoisotopic (exact) mass is 593 g/mol. The molecular formula is C34H39N7O3. The summed E-state index contributed by atoms with van der Waals surface area (Å²) in [6, 6.07) is 14.2. The van der Waals surface area contributed by atoms with Crippen molar-refractivity contribution in [1.29, 1.82) is 0 Å². The number of benzene rings is 2. The predicted molar refractivity (Wildman–Crippen MR) is 171 cm³/mol. The minimum Gasteiger partial charge on any atom is -0.384 e. The number of aliphatic hydroxyl groups is 1. The summed E-state index contributed by atoms with van der Waals surface area (Å²) in [7, 11) is 3.63. The molecule has 0 bridgehead atoms. The molecule has 0 saturated carbocycles. The van der Waals surface area contributed by atoms with Gasteiger partial charge in [-0.3, -0.25) is 4.79 Å². The number of rotatable bonds is 8. The van der Waals surface area contributed by atoms with Crippen LogP contribution in [0.25, 0.3) is 28.2 Å². The largest absolute Gasteiger partial charge is 0.384 e. The second kappa shape index (κ2) is 11.5. The van der Waals surface area contributed by atoms with Crippen LogP contribution in [0.4, 0.5) is 5.82 Å². The number of aromatic nitrogens is 5. The summed E-state index contributed by atoms with van der Waals surface area (Å²) in [5.41, 5.74) is 7.14. The van der Waals surface area contributed by atoms with Crippen LogP contribution in [-0.4, -0.2) is 55.4 Å². The van der Waals surface area contributed by atoms with Crippen LogP contribution in [0, 0.1) is 13.8 Å². The average Bonchev–Trinajstić information content (AvgIpc) is 3.75. The van der Waals surface area contributed by atoms with Gasteiger partial charge in [-0.1, -0.05) is 24.3 Å². The minimum absolute atomic E-state index is 0.140. The van der Waals surface area contributed by atoms with E-state index in [1.165, 1.54) is 0 Å². The van der Waals surface area contributed by atoms with E-state index in [-0.39, 0.29) is 11.8 Å². The first-order valence-electron chi connectivity index (χ1n) is 14.9. The van der Waals surface area contributed by atoms with E-state index in [0.29, 0.717) is 42.5 Å². The van der Waals surface area contributed by atoms with Gasteiger partial charge in [-0.25, -0.2) is 9.97 Å². The van der Waals surface area contributed by atoms with Crippen molar-refractivity contribution in [3.63, 3.8) is 0 Å². The number of ether oxygens (including phenoxy) is 1. The average molecular weight is 594 g/mol. The molecule has 0 spiro atoms. The number of hydrogen-bond acceptors (Lipinski definition) is 7. The molecular weight excluding hydrogens is 554 g/mol. The molecule has 228 valence electrons. The van der Waals surface area contributed by atoms with E-state index in [4.69, 9.17) is 14.8 Å². The summed E-state index contributed by atoms with van der Waals surface area (Å²) in [6.45, 7) is 9.25. The van der Waals surface area contributed by atoms with Crippen molar-refractivity contribution in [2.45, 2.75) is 52.2 Å². The molecule has 1 aliphatic heterocycles. The van der Waals surface area contributed by atoms with Crippen LogP contribution in [0.2, 0.25) is 0 Å². The fraction of sp³-hybridized carbons (Fsp3) is 0.353. The van der Waals surface area contributed by atoms with Crippen LogP contribution in [0.15, 0.2) is 54.9 Å². The number of hydrogen-bond donors (Lipinski definition) is 3. The van der Waals surface area contributed by atoms with E-state index in [1.54, 1.807) is 31.6 Å². The maximum absolute atomic E-state index is 13.0. The van der Waals surface area contributed by atoms with Crippen LogP contribution >= 0.6 is 0 Å². The lowest BCUT2D eigenvalue weighted by atomic mass is 9.87. The third-order valence-corrected chi connectivity index (χ3v) is 8.45. The van der Waals surface area contributed by atoms with Gasteiger partial charge in [-0.15, -0.1) is 0 Å². The van der Waals surface area contributed by atoms with Crippen LogP contribution in [0.5, 0.6) is 0 Å². The lowest BCUT2D eigenvalue weighted by Crippen LogP contribution is -2.20. The fourth-order valence-corrected chi connectivity index (χ4v) is 6.01. The van der Waals surface area contributed by atoms with Crippen molar-refractivity contribution in [1.82, 2.24) is 29.5 Å². The second-order valence-corrected chi connectivity index (χ2v) is 12.1. The molecule has 3 aromatic heterocycles. The predicted octanol–water partition coefficient (Wildman–Crippen LogP) is 5.12. The molecule has 3 N–H and O–H groups in total. The van der Waals surface area contributed by atoms with Crippen molar-refractivity contribution in [2.75, 3.05) is 25.6 Å². The zero-order chi connectivity index (χ0) is 31.2. The van der Waals surface area contributed by atoms with E-state index >= 15 is 0 Å². The van der Waals surface area contributed by atoms with E-state index in [2.05, 4.69) is 33.8 Å². The van der Waals surface area contributed by atoms with Gasteiger partial charge in [0.15, 0.2) is 5.65 Å². The molecule has 5 aromatic rings. The van der Waals surface area contributed by atoms with Gasteiger partial charge >= 0.3 is 0 Å². The fourth-order valence-electron chi connectivity index (χ4n) is 6.01. The molecule has 1 atom stereocenters. The molecule has 1 amide bonds. The van der Waals surface area contributed by atoms with Crippen molar-refractivity contribution in [2.24, 2.45) is 7.05 Å². The first-order chi connectivity index (χ1) is 21.0. The zero-order valence-corrected chi connectivity index (χ0v) is 26.1. The maximum Gasteiger partial charge on any atom is 0.251 e. The van der Waals surface area contributed by atoms with Gasteiger partial charge in [-0.05, 0) is 68.5 Å².